The summed E-state index contributed by atoms with van der Waals surface area (Å²) in [4.78, 5) is 5.46. The van der Waals surface area contributed by atoms with Crippen LogP contribution in [0.4, 0.5) is 8.78 Å². The summed E-state index contributed by atoms with van der Waals surface area (Å²) in [5.74, 6) is 4.22. The van der Waals surface area contributed by atoms with Gasteiger partial charge in [0.1, 0.15) is 11.6 Å². The number of nitrogens with zero attached hydrogens (tertiary/aromatic N) is 1. The van der Waals surface area contributed by atoms with E-state index in [1.165, 1.54) is 29.5 Å². The highest BCUT2D eigenvalue weighted by molar-refractivity contribution is 7.11. The van der Waals surface area contributed by atoms with Crippen molar-refractivity contribution in [3.05, 3.63) is 51.0 Å². The topological polar surface area (TPSA) is 50.9 Å². The molecular weight excluding hydrogens is 268 g/mol. The monoisotopic (exact) mass is 283 g/mol. The van der Waals surface area contributed by atoms with Gasteiger partial charge in [0.15, 0.2) is 0 Å². The lowest BCUT2D eigenvalue weighted by Gasteiger charge is -2.16. The summed E-state index contributed by atoms with van der Waals surface area (Å²) in [6, 6.07) is 3.15. The molecule has 1 unspecified atom stereocenters. The van der Waals surface area contributed by atoms with Crippen molar-refractivity contribution >= 4 is 11.3 Å². The van der Waals surface area contributed by atoms with E-state index >= 15 is 0 Å². The van der Waals surface area contributed by atoms with Gasteiger partial charge in [-0.2, -0.15) is 0 Å². The number of nitrogens with two attached hydrogens (primary N) is 1. The van der Waals surface area contributed by atoms with E-state index in [1.54, 1.807) is 0 Å². The van der Waals surface area contributed by atoms with Gasteiger partial charge in [0, 0.05) is 16.9 Å². The van der Waals surface area contributed by atoms with Gasteiger partial charge >= 0.3 is 0 Å². The molecule has 2 rings (SSSR count). The second kappa shape index (κ2) is 5.73. The van der Waals surface area contributed by atoms with Crippen LogP contribution >= 0.6 is 11.3 Å². The van der Waals surface area contributed by atoms with E-state index < -0.39 is 17.7 Å². The maximum Gasteiger partial charge on any atom is 0.130 e. The largest absolute Gasteiger partial charge is 0.271 e. The van der Waals surface area contributed by atoms with Crippen molar-refractivity contribution in [2.75, 3.05) is 0 Å². The zero-order chi connectivity index (χ0) is 14.0. The summed E-state index contributed by atoms with van der Waals surface area (Å²) in [5.41, 5.74) is 3.35. The van der Waals surface area contributed by atoms with Gasteiger partial charge in [-0.05, 0) is 26.0 Å². The lowest BCUT2D eigenvalue weighted by atomic mass is 10.0. The second-order valence-corrected chi connectivity index (χ2v) is 5.60. The molecule has 0 bridgehead atoms. The summed E-state index contributed by atoms with van der Waals surface area (Å²) in [6.07, 6.45) is 0.355. The Hall–Kier alpha value is -1.37. The molecular formula is C13H15F2N3S. The summed E-state index contributed by atoms with van der Waals surface area (Å²) >= 11 is 1.51. The Morgan fingerprint density at radius 1 is 1.32 bits per heavy atom. The predicted octanol–water partition coefficient (Wildman–Crippen LogP) is 2.79. The van der Waals surface area contributed by atoms with Gasteiger partial charge in [-0.15, -0.1) is 11.3 Å². The van der Waals surface area contributed by atoms with Crippen molar-refractivity contribution in [3.8, 4) is 0 Å². The molecule has 0 fully saturated rings. The molecule has 1 heterocycles. The Morgan fingerprint density at radius 2 is 1.95 bits per heavy atom. The third-order valence-electron chi connectivity index (χ3n) is 3.00. The van der Waals surface area contributed by atoms with Crippen LogP contribution < -0.4 is 11.3 Å². The van der Waals surface area contributed by atoms with Crippen LogP contribution in [0.1, 0.15) is 27.2 Å². The van der Waals surface area contributed by atoms with E-state index in [4.69, 9.17) is 5.84 Å². The molecule has 2 aromatic rings. The summed E-state index contributed by atoms with van der Waals surface area (Å²) in [5, 5.41) is 0.806. The van der Waals surface area contributed by atoms with Crippen LogP contribution in [-0.2, 0) is 6.42 Å². The Kier molecular flexibility index (Phi) is 4.24. The minimum absolute atomic E-state index is 0.0458. The van der Waals surface area contributed by atoms with Gasteiger partial charge in [0.25, 0.3) is 0 Å². The van der Waals surface area contributed by atoms with E-state index in [9.17, 15) is 8.78 Å². The minimum atomic E-state index is -0.633. The Morgan fingerprint density at radius 3 is 2.42 bits per heavy atom. The van der Waals surface area contributed by atoms with Crippen molar-refractivity contribution in [3.63, 3.8) is 0 Å². The molecule has 0 saturated heterocycles. The molecule has 1 aromatic heterocycles. The van der Waals surface area contributed by atoms with Crippen molar-refractivity contribution in [2.24, 2.45) is 5.84 Å². The Balaban J connectivity index is 2.30. The molecule has 0 spiro atoms. The molecule has 102 valence electrons. The number of thiazole rings is 1. The molecule has 0 saturated carbocycles. The molecule has 1 atom stereocenters. The second-order valence-electron chi connectivity index (χ2n) is 4.31. The van der Waals surface area contributed by atoms with Gasteiger partial charge in [-0.25, -0.2) is 13.8 Å². The minimum Gasteiger partial charge on any atom is -0.271 e. The normalized spacial score (nSPS) is 12.7. The number of hydrazine groups is 1. The Labute approximate surface area is 114 Å². The lowest BCUT2D eigenvalue weighted by molar-refractivity contribution is 0.472. The number of hydrogen-bond donors (Lipinski definition) is 2. The molecule has 3 N–H and O–H groups in total. The van der Waals surface area contributed by atoms with E-state index in [-0.39, 0.29) is 5.56 Å². The van der Waals surface area contributed by atoms with Gasteiger partial charge < -0.3 is 0 Å². The van der Waals surface area contributed by atoms with E-state index in [2.05, 4.69) is 10.4 Å². The number of aryl methyl sites for hydroxylation is 2. The van der Waals surface area contributed by atoms with Crippen LogP contribution in [0.3, 0.4) is 0 Å². The van der Waals surface area contributed by atoms with Crippen LogP contribution in [0.2, 0.25) is 0 Å². The fourth-order valence-corrected chi connectivity index (χ4v) is 2.87. The first-order chi connectivity index (χ1) is 9.02. The predicted molar refractivity (Wildman–Crippen MR) is 71.7 cm³/mol. The molecule has 19 heavy (non-hydrogen) atoms. The molecule has 0 amide bonds. The molecule has 1 aromatic carbocycles. The SMILES string of the molecule is Cc1nc(CC(NN)c2c(F)cccc2F)sc1C. The molecule has 0 radical (unpaired) electrons. The lowest BCUT2D eigenvalue weighted by Crippen LogP contribution is -2.31. The number of halogens is 2. The summed E-state index contributed by atoms with van der Waals surface area (Å²) < 4.78 is 27.4. The zero-order valence-corrected chi connectivity index (χ0v) is 11.5. The first-order valence-electron chi connectivity index (χ1n) is 5.86. The first-order valence-corrected chi connectivity index (χ1v) is 6.67. The van der Waals surface area contributed by atoms with Gasteiger partial charge in [-0.3, -0.25) is 11.3 Å². The van der Waals surface area contributed by atoms with Crippen molar-refractivity contribution in [2.45, 2.75) is 26.3 Å². The first kappa shape index (κ1) is 14.0. The van der Waals surface area contributed by atoms with Crippen molar-refractivity contribution < 1.29 is 8.78 Å². The van der Waals surface area contributed by atoms with Crippen LogP contribution in [0, 0.1) is 25.5 Å². The van der Waals surface area contributed by atoms with Crippen LogP contribution in [0.5, 0.6) is 0 Å². The van der Waals surface area contributed by atoms with Gasteiger partial charge in [-0.1, -0.05) is 6.07 Å². The van der Waals surface area contributed by atoms with E-state index in [1.807, 2.05) is 13.8 Å². The standard InChI is InChI=1S/C13H15F2N3S/c1-7-8(2)19-12(17-7)6-11(18-16)13-9(14)4-3-5-10(13)15/h3-5,11,18H,6,16H2,1-2H3. The number of hydrogen-bond acceptors (Lipinski definition) is 4. The average Bonchev–Trinajstić information content (AvgIpc) is 2.67. The average molecular weight is 283 g/mol. The highest BCUT2D eigenvalue weighted by Crippen LogP contribution is 2.26. The van der Waals surface area contributed by atoms with Crippen LogP contribution in [0.25, 0.3) is 0 Å². The quantitative estimate of drug-likeness (QED) is 0.670. The summed E-state index contributed by atoms with van der Waals surface area (Å²) in [6.45, 7) is 3.87. The highest BCUT2D eigenvalue weighted by Gasteiger charge is 2.21. The van der Waals surface area contributed by atoms with Crippen molar-refractivity contribution in [1.29, 1.82) is 0 Å². The third kappa shape index (κ3) is 2.97. The fraction of sp³-hybridized carbons (Fsp3) is 0.308. The zero-order valence-electron chi connectivity index (χ0n) is 10.7. The number of aromatic nitrogens is 1. The van der Waals surface area contributed by atoms with E-state index in [0.29, 0.717) is 6.42 Å². The van der Waals surface area contributed by atoms with Crippen LogP contribution in [-0.4, -0.2) is 4.98 Å². The molecule has 0 aliphatic carbocycles. The molecule has 0 aliphatic rings. The number of nitrogens with one attached hydrogen (secondary N) is 1. The van der Waals surface area contributed by atoms with Gasteiger partial charge in [0.05, 0.1) is 16.7 Å². The maximum atomic E-state index is 13.7. The van der Waals surface area contributed by atoms with Crippen molar-refractivity contribution in [1.82, 2.24) is 10.4 Å². The Bertz CT molecular complexity index is 544. The fourth-order valence-electron chi connectivity index (χ4n) is 1.89. The summed E-state index contributed by atoms with van der Waals surface area (Å²) in [7, 11) is 0. The third-order valence-corrected chi connectivity index (χ3v) is 4.10. The molecule has 0 aliphatic heterocycles. The smallest absolute Gasteiger partial charge is 0.130 e. The maximum absolute atomic E-state index is 13.7. The van der Waals surface area contributed by atoms with Gasteiger partial charge in [0.2, 0.25) is 0 Å². The molecule has 6 heteroatoms. The molecule has 3 nitrogen and oxygen atoms in total. The van der Waals surface area contributed by atoms with E-state index in [0.717, 1.165) is 15.6 Å². The number of rotatable bonds is 4. The highest BCUT2D eigenvalue weighted by atomic mass is 32.1. The number of benzene rings is 1. The van der Waals surface area contributed by atoms with Crippen LogP contribution in [0.15, 0.2) is 18.2 Å².